The molecule has 4 aromatic rings. The summed E-state index contributed by atoms with van der Waals surface area (Å²) in [4.78, 5) is 18.1. The van der Waals surface area contributed by atoms with Crippen molar-refractivity contribution in [3.05, 3.63) is 102 Å². The molecule has 3 N–H and O–H groups in total. The molecule has 32 heavy (non-hydrogen) atoms. The molecule has 0 saturated heterocycles. The minimum absolute atomic E-state index is 0.155. The zero-order chi connectivity index (χ0) is 22.1. The monoisotopic (exact) mass is 423 g/mol. The van der Waals surface area contributed by atoms with E-state index in [0.717, 1.165) is 11.1 Å². The number of para-hydroxylation sites is 1. The normalized spacial score (nSPS) is 15.1. The van der Waals surface area contributed by atoms with Crippen LogP contribution in [0.15, 0.2) is 96.2 Å². The van der Waals surface area contributed by atoms with Gasteiger partial charge in [-0.1, -0.05) is 60.7 Å². The Morgan fingerprint density at radius 2 is 1.62 bits per heavy atom. The number of phenols is 1. The highest BCUT2D eigenvalue weighted by molar-refractivity contribution is 6.06. The number of phenolic OH excluding ortho intramolecular Hbond substituents is 1. The summed E-state index contributed by atoms with van der Waals surface area (Å²) in [6.45, 7) is 1.85. The fourth-order valence-corrected chi connectivity index (χ4v) is 3.84. The third-order valence-corrected chi connectivity index (χ3v) is 5.37. The largest absolute Gasteiger partial charge is 0.508 e. The second kappa shape index (κ2) is 8.03. The first-order valence-corrected chi connectivity index (χ1v) is 10.3. The van der Waals surface area contributed by atoms with Gasteiger partial charge in [-0.25, -0.2) is 4.68 Å². The Labute approximate surface area is 185 Å². The highest BCUT2D eigenvalue weighted by atomic mass is 16.3. The molecule has 1 atom stereocenters. The molecule has 1 aliphatic rings. The van der Waals surface area contributed by atoms with Crippen molar-refractivity contribution >= 4 is 17.5 Å². The summed E-state index contributed by atoms with van der Waals surface area (Å²) in [5.74, 6) is 1.04. The summed E-state index contributed by atoms with van der Waals surface area (Å²) in [6, 6.07) is 25.3. The third-order valence-electron chi connectivity index (χ3n) is 5.37. The molecule has 1 unspecified atom stereocenters. The van der Waals surface area contributed by atoms with Crippen LogP contribution in [0.5, 0.6) is 5.75 Å². The Balaban J connectivity index is 1.60. The van der Waals surface area contributed by atoms with Crippen molar-refractivity contribution in [3.8, 4) is 17.1 Å². The van der Waals surface area contributed by atoms with Gasteiger partial charge in [0.05, 0.1) is 5.57 Å². The Kier molecular flexibility index (Phi) is 4.91. The molecule has 5 rings (SSSR count). The number of amides is 1. The number of benzene rings is 3. The van der Waals surface area contributed by atoms with Gasteiger partial charge in [0.1, 0.15) is 11.8 Å². The molecule has 1 amide bonds. The molecule has 0 radical (unpaired) electrons. The van der Waals surface area contributed by atoms with E-state index in [-0.39, 0.29) is 11.7 Å². The number of hydrogen-bond acceptors (Lipinski definition) is 5. The number of carbonyl (C=O) groups is 1. The van der Waals surface area contributed by atoms with E-state index < -0.39 is 6.04 Å². The molecule has 0 spiro atoms. The zero-order valence-corrected chi connectivity index (χ0v) is 17.4. The topological polar surface area (TPSA) is 92.1 Å². The van der Waals surface area contributed by atoms with Crippen molar-refractivity contribution in [2.45, 2.75) is 13.0 Å². The number of carbonyl (C=O) groups excluding carboxylic acids is 1. The first-order valence-electron chi connectivity index (χ1n) is 10.3. The molecule has 158 valence electrons. The predicted molar refractivity (Wildman–Crippen MR) is 123 cm³/mol. The molecule has 0 aliphatic carbocycles. The van der Waals surface area contributed by atoms with Crippen molar-refractivity contribution in [2.24, 2.45) is 0 Å². The van der Waals surface area contributed by atoms with Gasteiger partial charge in [0, 0.05) is 16.9 Å². The SMILES string of the molecule is CC1=C(C(=O)Nc2ccccc2)C(c2ccc(O)cc2)n2nc(-c3ccccc3)nc2N1. The molecular formula is C25H21N5O2. The van der Waals surface area contributed by atoms with Crippen LogP contribution in [0.1, 0.15) is 18.5 Å². The van der Waals surface area contributed by atoms with Crippen LogP contribution in [0.4, 0.5) is 11.6 Å². The average molecular weight is 423 g/mol. The number of nitrogens with one attached hydrogen (secondary N) is 2. The summed E-state index contributed by atoms with van der Waals surface area (Å²) < 4.78 is 1.72. The maximum Gasteiger partial charge on any atom is 0.255 e. The van der Waals surface area contributed by atoms with Crippen LogP contribution in [0.25, 0.3) is 11.4 Å². The van der Waals surface area contributed by atoms with E-state index in [1.807, 2.05) is 67.6 Å². The highest BCUT2D eigenvalue weighted by Crippen LogP contribution is 2.37. The number of allylic oxidation sites excluding steroid dienone is 1. The summed E-state index contributed by atoms with van der Waals surface area (Å²) in [5.41, 5.74) is 3.62. The fraction of sp³-hybridized carbons (Fsp3) is 0.0800. The van der Waals surface area contributed by atoms with Gasteiger partial charge in [0.2, 0.25) is 5.95 Å². The lowest BCUT2D eigenvalue weighted by molar-refractivity contribution is -0.113. The Morgan fingerprint density at radius 1 is 0.969 bits per heavy atom. The number of fused-ring (bicyclic) bond motifs is 1. The molecule has 1 aromatic heterocycles. The zero-order valence-electron chi connectivity index (χ0n) is 17.4. The van der Waals surface area contributed by atoms with Crippen LogP contribution in [-0.2, 0) is 4.79 Å². The maximum absolute atomic E-state index is 13.4. The number of aromatic hydroxyl groups is 1. The molecule has 7 nitrogen and oxygen atoms in total. The van der Waals surface area contributed by atoms with Crippen LogP contribution in [0, 0.1) is 0 Å². The van der Waals surface area contributed by atoms with Crippen LogP contribution in [-0.4, -0.2) is 25.8 Å². The molecule has 0 bridgehead atoms. The summed E-state index contributed by atoms with van der Waals surface area (Å²) in [6.07, 6.45) is 0. The first kappa shape index (κ1) is 19.6. The van der Waals surface area contributed by atoms with E-state index in [1.54, 1.807) is 28.9 Å². The van der Waals surface area contributed by atoms with Gasteiger partial charge in [-0.2, -0.15) is 4.98 Å². The lowest BCUT2D eigenvalue weighted by Gasteiger charge is -2.28. The summed E-state index contributed by atoms with van der Waals surface area (Å²) in [5, 5.41) is 20.7. The highest BCUT2D eigenvalue weighted by Gasteiger charge is 2.34. The first-order chi connectivity index (χ1) is 15.6. The Bertz CT molecular complexity index is 1300. The molecule has 2 heterocycles. The van der Waals surface area contributed by atoms with Gasteiger partial charge >= 0.3 is 0 Å². The van der Waals surface area contributed by atoms with Crippen molar-refractivity contribution in [1.29, 1.82) is 0 Å². The molecule has 0 fully saturated rings. The number of hydrogen-bond donors (Lipinski definition) is 3. The Hall–Kier alpha value is -4.39. The van der Waals surface area contributed by atoms with Crippen LogP contribution in [0.2, 0.25) is 0 Å². The lowest BCUT2D eigenvalue weighted by Crippen LogP contribution is -2.31. The van der Waals surface area contributed by atoms with Gasteiger partial charge in [0.15, 0.2) is 5.82 Å². The predicted octanol–water partition coefficient (Wildman–Crippen LogP) is 4.58. The average Bonchev–Trinajstić information content (AvgIpc) is 3.23. The minimum atomic E-state index is -0.513. The van der Waals surface area contributed by atoms with Crippen molar-refractivity contribution in [3.63, 3.8) is 0 Å². The van der Waals surface area contributed by atoms with Gasteiger partial charge in [-0.15, -0.1) is 5.10 Å². The quantitative estimate of drug-likeness (QED) is 0.447. The van der Waals surface area contributed by atoms with Crippen LogP contribution < -0.4 is 10.6 Å². The van der Waals surface area contributed by atoms with Gasteiger partial charge < -0.3 is 15.7 Å². The lowest BCUT2D eigenvalue weighted by atomic mass is 9.95. The van der Waals surface area contributed by atoms with Gasteiger partial charge in [-0.05, 0) is 36.8 Å². The fourth-order valence-electron chi connectivity index (χ4n) is 3.84. The second-order valence-corrected chi connectivity index (χ2v) is 7.55. The molecule has 7 heteroatoms. The van der Waals surface area contributed by atoms with E-state index in [9.17, 15) is 9.90 Å². The number of rotatable bonds is 4. The van der Waals surface area contributed by atoms with Crippen molar-refractivity contribution in [2.75, 3.05) is 10.6 Å². The van der Waals surface area contributed by atoms with E-state index in [2.05, 4.69) is 15.6 Å². The van der Waals surface area contributed by atoms with Crippen molar-refractivity contribution in [1.82, 2.24) is 14.8 Å². The van der Waals surface area contributed by atoms with Gasteiger partial charge in [-0.3, -0.25) is 4.79 Å². The second-order valence-electron chi connectivity index (χ2n) is 7.55. The van der Waals surface area contributed by atoms with E-state index in [1.165, 1.54) is 0 Å². The van der Waals surface area contributed by atoms with Gasteiger partial charge in [0.25, 0.3) is 5.91 Å². The molecule has 0 saturated carbocycles. The van der Waals surface area contributed by atoms with E-state index in [0.29, 0.717) is 28.7 Å². The third kappa shape index (κ3) is 3.60. The standard InChI is InChI=1S/C25H21N5O2/c1-16-21(24(32)27-19-10-6-3-7-11-19)22(17-12-14-20(31)15-13-17)30-25(26-16)28-23(29-30)18-8-4-2-5-9-18/h2-15,22,31H,1H3,(H,27,32)(H,26,28,29). The molecular weight excluding hydrogens is 402 g/mol. The molecule has 3 aromatic carbocycles. The van der Waals surface area contributed by atoms with E-state index in [4.69, 9.17) is 5.10 Å². The summed E-state index contributed by atoms with van der Waals surface area (Å²) >= 11 is 0. The maximum atomic E-state index is 13.4. The Morgan fingerprint density at radius 3 is 2.31 bits per heavy atom. The number of aromatic nitrogens is 3. The van der Waals surface area contributed by atoms with Crippen LogP contribution >= 0.6 is 0 Å². The smallest absolute Gasteiger partial charge is 0.255 e. The van der Waals surface area contributed by atoms with Crippen molar-refractivity contribution < 1.29 is 9.90 Å². The summed E-state index contributed by atoms with van der Waals surface area (Å²) in [7, 11) is 0. The number of anilines is 2. The van der Waals surface area contributed by atoms with Crippen LogP contribution in [0.3, 0.4) is 0 Å². The molecule has 1 aliphatic heterocycles. The minimum Gasteiger partial charge on any atom is -0.508 e. The number of nitrogens with zero attached hydrogens (tertiary/aromatic N) is 3. The van der Waals surface area contributed by atoms with E-state index >= 15 is 0 Å².